The van der Waals surface area contributed by atoms with Gasteiger partial charge in [0, 0.05) is 15.8 Å². The summed E-state index contributed by atoms with van der Waals surface area (Å²) in [4.78, 5) is 12.0. The molecule has 0 bridgehead atoms. The van der Waals surface area contributed by atoms with Gasteiger partial charge in [-0.25, -0.2) is 0 Å². The van der Waals surface area contributed by atoms with Crippen molar-refractivity contribution >= 4 is 28.8 Å². The summed E-state index contributed by atoms with van der Waals surface area (Å²) in [6.07, 6.45) is 1.15. The van der Waals surface area contributed by atoms with E-state index in [2.05, 4.69) is 0 Å². The van der Waals surface area contributed by atoms with Gasteiger partial charge in [0.2, 0.25) is 0 Å². The molecule has 0 amide bonds. The molecular formula is C13H13NO4S2. The molecule has 5 nitrogen and oxygen atoms in total. The molecule has 0 aliphatic heterocycles. The molecule has 0 aliphatic rings. The second-order valence-corrected chi connectivity index (χ2v) is 5.90. The quantitative estimate of drug-likeness (QED) is 0.508. The van der Waals surface area contributed by atoms with Crippen LogP contribution in [0.3, 0.4) is 0 Å². The minimum Gasteiger partial charge on any atom is -0.439 e. The average molecular weight is 311 g/mol. The highest BCUT2D eigenvalue weighted by Gasteiger charge is 2.23. The van der Waals surface area contributed by atoms with E-state index < -0.39 is 11.0 Å². The van der Waals surface area contributed by atoms with Crippen LogP contribution in [0.4, 0.5) is 5.69 Å². The predicted octanol–water partition coefficient (Wildman–Crippen LogP) is 4.22. The predicted molar refractivity (Wildman–Crippen MR) is 79.9 cm³/mol. The summed E-state index contributed by atoms with van der Waals surface area (Å²) in [6.45, 7) is 1.56. The number of thiophene rings is 1. The lowest BCUT2D eigenvalue weighted by atomic mass is 10.3. The first kappa shape index (κ1) is 14.8. The van der Waals surface area contributed by atoms with Gasteiger partial charge in [-0.15, -0.1) is 11.8 Å². The first-order chi connectivity index (χ1) is 9.52. The lowest BCUT2D eigenvalue weighted by Crippen LogP contribution is -1.90. The van der Waals surface area contributed by atoms with E-state index in [0.717, 1.165) is 16.2 Å². The summed E-state index contributed by atoms with van der Waals surface area (Å²) in [5.41, 5.74) is -0.123. The van der Waals surface area contributed by atoms with Crippen molar-refractivity contribution in [1.29, 1.82) is 0 Å². The monoisotopic (exact) mass is 311 g/mol. The molecule has 0 spiro atoms. The summed E-state index contributed by atoms with van der Waals surface area (Å²) in [7, 11) is 0. The zero-order chi connectivity index (χ0) is 14.7. The molecule has 2 aromatic rings. The Morgan fingerprint density at radius 1 is 1.45 bits per heavy atom. The molecule has 0 fully saturated rings. The highest BCUT2D eigenvalue weighted by Crippen LogP contribution is 2.43. The van der Waals surface area contributed by atoms with Crippen molar-refractivity contribution in [1.82, 2.24) is 0 Å². The number of nitro groups is 1. The number of rotatable bonds is 5. The number of hydrogen-bond acceptors (Lipinski definition) is 6. The first-order valence-corrected chi connectivity index (χ1v) is 7.84. The highest BCUT2D eigenvalue weighted by molar-refractivity contribution is 7.98. The maximum Gasteiger partial charge on any atom is 0.323 e. The van der Waals surface area contributed by atoms with Crippen LogP contribution in [0, 0.1) is 10.1 Å². The molecule has 20 heavy (non-hydrogen) atoms. The molecule has 0 radical (unpaired) electrons. The van der Waals surface area contributed by atoms with Gasteiger partial charge >= 0.3 is 5.69 Å². The third-order valence-electron chi connectivity index (χ3n) is 2.58. The maximum atomic E-state index is 11.0. The van der Waals surface area contributed by atoms with Crippen molar-refractivity contribution in [3.8, 4) is 10.8 Å². The van der Waals surface area contributed by atoms with Gasteiger partial charge < -0.3 is 9.84 Å². The minimum atomic E-state index is -0.758. The van der Waals surface area contributed by atoms with Crippen LogP contribution in [0.15, 0.2) is 35.2 Å². The minimum absolute atomic E-state index is 0.123. The molecule has 2 rings (SSSR count). The van der Waals surface area contributed by atoms with Crippen LogP contribution in [0.1, 0.15) is 17.9 Å². The topological polar surface area (TPSA) is 72.6 Å². The van der Waals surface area contributed by atoms with Gasteiger partial charge in [-0.3, -0.25) is 10.1 Å². The third kappa shape index (κ3) is 3.12. The van der Waals surface area contributed by atoms with Gasteiger partial charge in [0.05, 0.1) is 11.0 Å². The average Bonchev–Trinajstić information content (AvgIpc) is 2.84. The highest BCUT2D eigenvalue weighted by atomic mass is 32.2. The Hall–Kier alpha value is -1.57. The summed E-state index contributed by atoms with van der Waals surface area (Å²) in [5.74, 6) is 0.571. The van der Waals surface area contributed by atoms with Crippen molar-refractivity contribution in [2.24, 2.45) is 0 Å². The van der Waals surface area contributed by atoms with E-state index in [1.165, 1.54) is 17.8 Å². The van der Waals surface area contributed by atoms with Gasteiger partial charge in [-0.1, -0.05) is 23.5 Å². The molecule has 1 aromatic carbocycles. The molecular weight excluding hydrogens is 298 g/mol. The van der Waals surface area contributed by atoms with Crippen molar-refractivity contribution in [3.63, 3.8) is 0 Å². The molecule has 1 aromatic heterocycles. The van der Waals surface area contributed by atoms with E-state index in [9.17, 15) is 15.2 Å². The van der Waals surface area contributed by atoms with Crippen LogP contribution in [0.5, 0.6) is 10.8 Å². The van der Waals surface area contributed by atoms with E-state index in [0.29, 0.717) is 10.6 Å². The lowest BCUT2D eigenvalue weighted by molar-refractivity contribution is -0.385. The molecule has 106 valence electrons. The number of nitrogens with zero attached hydrogens (tertiary/aromatic N) is 1. The van der Waals surface area contributed by atoms with Gasteiger partial charge in [0.25, 0.3) is 5.06 Å². The molecule has 1 heterocycles. The van der Waals surface area contributed by atoms with Crippen molar-refractivity contribution in [2.45, 2.75) is 17.9 Å². The number of benzene rings is 1. The van der Waals surface area contributed by atoms with Gasteiger partial charge in [-0.2, -0.15) is 0 Å². The zero-order valence-corrected chi connectivity index (χ0v) is 12.5. The Morgan fingerprint density at radius 2 is 2.15 bits per heavy atom. The first-order valence-electron chi connectivity index (χ1n) is 5.80. The summed E-state index contributed by atoms with van der Waals surface area (Å²) >= 11 is 2.59. The molecule has 0 saturated heterocycles. The number of aliphatic hydroxyl groups excluding tert-OH is 1. The Morgan fingerprint density at radius 3 is 2.75 bits per heavy atom. The fourth-order valence-electron chi connectivity index (χ4n) is 1.59. The molecule has 1 unspecified atom stereocenters. The molecule has 7 heteroatoms. The zero-order valence-electron chi connectivity index (χ0n) is 10.9. The van der Waals surface area contributed by atoms with E-state index in [1.54, 1.807) is 13.0 Å². The lowest BCUT2D eigenvalue weighted by Gasteiger charge is -2.07. The van der Waals surface area contributed by atoms with E-state index in [-0.39, 0.29) is 10.8 Å². The number of thioether (sulfide) groups is 1. The molecule has 1 atom stereocenters. The number of para-hydroxylation sites is 1. The van der Waals surface area contributed by atoms with Crippen LogP contribution in [-0.4, -0.2) is 16.3 Å². The Kier molecular flexibility index (Phi) is 4.64. The molecule has 0 saturated carbocycles. The Labute approximate surface area is 124 Å². The van der Waals surface area contributed by atoms with Gasteiger partial charge in [0.1, 0.15) is 5.75 Å². The third-order valence-corrected chi connectivity index (χ3v) is 4.53. The SMILES string of the molecule is CSc1ccccc1Oc1sc(C(C)O)cc1[N+](=O)[O-]. The molecule has 1 N–H and O–H groups in total. The van der Waals surface area contributed by atoms with Crippen molar-refractivity contribution in [3.05, 3.63) is 45.3 Å². The fourth-order valence-corrected chi connectivity index (χ4v) is 3.04. The second-order valence-electron chi connectivity index (χ2n) is 4.01. The fraction of sp³-hybridized carbons (Fsp3) is 0.231. The Bertz CT molecular complexity index is 625. The van der Waals surface area contributed by atoms with Crippen LogP contribution in [0.2, 0.25) is 0 Å². The normalized spacial score (nSPS) is 12.2. The van der Waals surface area contributed by atoms with Crippen molar-refractivity contribution < 1.29 is 14.8 Å². The Balaban J connectivity index is 2.39. The van der Waals surface area contributed by atoms with Crippen LogP contribution in [0.25, 0.3) is 0 Å². The number of aliphatic hydroxyl groups is 1. The summed E-state index contributed by atoms with van der Waals surface area (Å²) in [5, 5.41) is 20.8. The van der Waals surface area contributed by atoms with Gasteiger partial charge in [0.15, 0.2) is 0 Å². The van der Waals surface area contributed by atoms with Gasteiger partial charge in [-0.05, 0) is 25.3 Å². The standard InChI is InChI=1S/C13H13NO4S2/c1-8(15)12-7-9(14(16)17)13(20-12)18-10-5-3-4-6-11(10)19-2/h3-8,15H,1-2H3. The largest absolute Gasteiger partial charge is 0.439 e. The van der Waals surface area contributed by atoms with Crippen molar-refractivity contribution in [2.75, 3.05) is 6.26 Å². The summed E-state index contributed by atoms with van der Waals surface area (Å²) in [6, 6.07) is 8.69. The van der Waals surface area contributed by atoms with E-state index in [1.807, 2.05) is 24.5 Å². The van der Waals surface area contributed by atoms with Crippen LogP contribution < -0.4 is 4.74 Å². The summed E-state index contributed by atoms with van der Waals surface area (Å²) < 4.78 is 5.67. The second kappa shape index (κ2) is 6.25. The maximum absolute atomic E-state index is 11.0. The number of hydrogen-bond donors (Lipinski definition) is 1. The van der Waals surface area contributed by atoms with E-state index in [4.69, 9.17) is 4.74 Å². The number of ether oxygens (including phenoxy) is 1. The van der Waals surface area contributed by atoms with E-state index >= 15 is 0 Å². The molecule has 0 aliphatic carbocycles. The smallest absolute Gasteiger partial charge is 0.323 e. The van der Waals surface area contributed by atoms with Crippen LogP contribution in [-0.2, 0) is 0 Å². The van der Waals surface area contributed by atoms with Crippen LogP contribution >= 0.6 is 23.1 Å².